The molecule has 0 saturated heterocycles. The van der Waals surface area contributed by atoms with Crippen LogP contribution in [-0.2, 0) is 9.59 Å². The highest BCUT2D eigenvalue weighted by Crippen LogP contribution is 2.04. The van der Waals surface area contributed by atoms with E-state index in [4.69, 9.17) is 10.2 Å². The van der Waals surface area contributed by atoms with Crippen LogP contribution in [0.5, 0.6) is 0 Å². The molecule has 1 aliphatic rings. The van der Waals surface area contributed by atoms with Crippen molar-refractivity contribution in [1.82, 2.24) is 10.7 Å². The molecule has 0 spiro atoms. The highest BCUT2D eigenvalue weighted by molar-refractivity contribution is 6.39. The van der Waals surface area contributed by atoms with Gasteiger partial charge in [0.05, 0.1) is 18.8 Å². The van der Waals surface area contributed by atoms with Crippen LogP contribution >= 0.6 is 0 Å². The average molecular weight is 229 g/mol. The molecule has 0 aromatic carbocycles. The topological polar surface area (TPSA) is 111 Å². The van der Waals surface area contributed by atoms with Crippen molar-refractivity contribution in [1.29, 1.82) is 0 Å². The third kappa shape index (κ3) is 3.01. The Labute approximate surface area is 92.5 Å². The van der Waals surface area contributed by atoms with Crippen LogP contribution in [0, 0.1) is 0 Å². The second-order valence-corrected chi connectivity index (χ2v) is 3.92. The summed E-state index contributed by atoms with van der Waals surface area (Å²) in [5.74, 6) is -0.728. The van der Waals surface area contributed by atoms with Gasteiger partial charge in [-0.2, -0.15) is 5.10 Å². The van der Waals surface area contributed by atoms with Crippen LogP contribution in [-0.4, -0.2) is 46.5 Å². The minimum absolute atomic E-state index is 0.188. The average Bonchev–Trinajstić information content (AvgIpc) is 2.29. The van der Waals surface area contributed by atoms with Gasteiger partial charge in [0.2, 0.25) is 5.91 Å². The summed E-state index contributed by atoms with van der Waals surface area (Å²) >= 11 is 0. The first-order chi connectivity index (χ1) is 7.50. The van der Waals surface area contributed by atoms with Gasteiger partial charge in [-0.15, -0.1) is 0 Å². The number of aliphatic hydroxyl groups is 2. The molecule has 0 bridgehead atoms. The van der Waals surface area contributed by atoms with Crippen LogP contribution in [0.4, 0.5) is 0 Å². The zero-order valence-corrected chi connectivity index (χ0v) is 8.99. The third-order valence-corrected chi connectivity index (χ3v) is 2.28. The van der Waals surface area contributed by atoms with Crippen LogP contribution in [0.2, 0.25) is 0 Å². The van der Waals surface area contributed by atoms with E-state index in [0.29, 0.717) is 0 Å². The van der Waals surface area contributed by atoms with Crippen molar-refractivity contribution in [2.24, 2.45) is 5.10 Å². The zero-order chi connectivity index (χ0) is 12.2. The van der Waals surface area contributed by atoms with E-state index in [1.807, 2.05) is 0 Å². The molecule has 2 amide bonds. The van der Waals surface area contributed by atoms with Gasteiger partial charge >= 0.3 is 0 Å². The summed E-state index contributed by atoms with van der Waals surface area (Å²) in [6.45, 7) is 0.747. The smallest absolute Gasteiger partial charge is 0.268 e. The largest absolute Gasteiger partial charge is 0.394 e. The van der Waals surface area contributed by atoms with Gasteiger partial charge in [0.15, 0.2) is 0 Å². The predicted molar refractivity (Wildman–Crippen MR) is 55.5 cm³/mol. The maximum atomic E-state index is 11.6. The Morgan fingerprint density at radius 3 is 2.56 bits per heavy atom. The van der Waals surface area contributed by atoms with Crippen LogP contribution in [0.1, 0.15) is 19.8 Å². The lowest BCUT2D eigenvalue weighted by molar-refractivity contribution is -0.121. The van der Waals surface area contributed by atoms with Crippen molar-refractivity contribution in [2.45, 2.75) is 25.3 Å². The van der Waals surface area contributed by atoms with Crippen LogP contribution in [0.25, 0.3) is 0 Å². The quantitative estimate of drug-likeness (QED) is 0.451. The van der Waals surface area contributed by atoms with Crippen molar-refractivity contribution in [3.8, 4) is 0 Å². The molecule has 0 fully saturated rings. The summed E-state index contributed by atoms with van der Waals surface area (Å²) in [6, 6.07) is 0. The van der Waals surface area contributed by atoms with E-state index in [1.165, 1.54) is 6.92 Å². The molecule has 7 nitrogen and oxygen atoms in total. The first-order valence-electron chi connectivity index (χ1n) is 4.90. The van der Waals surface area contributed by atoms with Gasteiger partial charge in [-0.3, -0.25) is 9.59 Å². The summed E-state index contributed by atoms with van der Waals surface area (Å²) in [4.78, 5) is 22.4. The Kier molecular flexibility index (Phi) is 3.97. The monoisotopic (exact) mass is 229 g/mol. The molecule has 1 rings (SSSR count). The van der Waals surface area contributed by atoms with Crippen molar-refractivity contribution in [3.05, 3.63) is 0 Å². The van der Waals surface area contributed by atoms with E-state index < -0.39 is 11.4 Å². The number of hydrogen-bond acceptors (Lipinski definition) is 5. The van der Waals surface area contributed by atoms with E-state index >= 15 is 0 Å². The SMILES string of the molecule is CC(CO)(CO)NC(=O)C1=NNC(=O)CC1. The minimum atomic E-state index is -1.08. The van der Waals surface area contributed by atoms with Gasteiger partial charge in [0.25, 0.3) is 5.91 Å². The number of rotatable bonds is 4. The summed E-state index contributed by atoms with van der Waals surface area (Å²) < 4.78 is 0. The molecule has 1 heterocycles. The molecule has 0 aromatic heterocycles. The van der Waals surface area contributed by atoms with Crippen molar-refractivity contribution in [2.75, 3.05) is 13.2 Å². The van der Waals surface area contributed by atoms with Crippen molar-refractivity contribution >= 4 is 17.5 Å². The van der Waals surface area contributed by atoms with Crippen LogP contribution in [0.3, 0.4) is 0 Å². The fourth-order valence-corrected chi connectivity index (χ4v) is 1.11. The van der Waals surface area contributed by atoms with Crippen molar-refractivity contribution < 1.29 is 19.8 Å². The Bertz CT molecular complexity index is 323. The zero-order valence-electron chi connectivity index (χ0n) is 8.99. The molecule has 4 N–H and O–H groups in total. The normalized spacial score (nSPS) is 16.4. The first-order valence-corrected chi connectivity index (χ1v) is 4.90. The lowest BCUT2D eigenvalue weighted by Gasteiger charge is -2.26. The van der Waals surface area contributed by atoms with Gasteiger partial charge in [-0.25, -0.2) is 5.43 Å². The molecule has 7 heteroatoms. The van der Waals surface area contributed by atoms with Crippen LogP contribution in [0.15, 0.2) is 5.10 Å². The van der Waals surface area contributed by atoms with Crippen molar-refractivity contribution in [3.63, 3.8) is 0 Å². The molecule has 0 aliphatic carbocycles. The molecule has 90 valence electrons. The molecule has 0 unspecified atom stereocenters. The maximum Gasteiger partial charge on any atom is 0.268 e. The second kappa shape index (κ2) is 5.04. The van der Waals surface area contributed by atoms with Gasteiger partial charge in [0, 0.05) is 12.8 Å². The van der Waals surface area contributed by atoms with Gasteiger partial charge in [-0.05, 0) is 6.92 Å². The summed E-state index contributed by atoms with van der Waals surface area (Å²) in [6.07, 6.45) is 0.464. The van der Waals surface area contributed by atoms with Gasteiger partial charge in [0.1, 0.15) is 5.71 Å². The Balaban J connectivity index is 2.62. The highest BCUT2D eigenvalue weighted by Gasteiger charge is 2.27. The fourth-order valence-electron chi connectivity index (χ4n) is 1.11. The number of aliphatic hydroxyl groups excluding tert-OH is 2. The molecule has 0 atom stereocenters. The molecular formula is C9H15N3O4. The number of nitrogens with one attached hydrogen (secondary N) is 2. The number of hydrogen-bond donors (Lipinski definition) is 4. The Morgan fingerprint density at radius 2 is 2.12 bits per heavy atom. The number of nitrogens with zero attached hydrogens (tertiary/aromatic N) is 1. The minimum Gasteiger partial charge on any atom is -0.394 e. The lowest BCUT2D eigenvalue weighted by atomic mass is 10.0. The van der Waals surface area contributed by atoms with E-state index in [1.54, 1.807) is 0 Å². The molecule has 0 saturated carbocycles. The second-order valence-electron chi connectivity index (χ2n) is 3.92. The third-order valence-electron chi connectivity index (χ3n) is 2.28. The first kappa shape index (κ1) is 12.6. The van der Waals surface area contributed by atoms with Crippen LogP contribution < -0.4 is 10.7 Å². The molecule has 16 heavy (non-hydrogen) atoms. The highest BCUT2D eigenvalue weighted by atomic mass is 16.3. The number of hydrazone groups is 1. The summed E-state index contributed by atoms with van der Waals surface area (Å²) in [7, 11) is 0. The Morgan fingerprint density at radius 1 is 1.50 bits per heavy atom. The molecule has 0 aromatic rings. The number of carbonyl (C=O) groups excluding carboxylic acids is 2. The molecule has 1 aliphatic heterocycles. The maximum absolute atomic E-state index is 11.6. The summed E-state index contributed by atoms with van der Waals surface area (Å²) in [5.41, 5.74) is 1.30. The van der Waals surface area contributed by atoms with E-state index in [0.717, 1.165) is 0 Å². The van der Waals surface area contributed by atoms with E-state index in [-0.39, 0.29) is 37.7 Å². The summed E-state index contributed by atoms with van der Waals surface area (Å²) in [5, 5.41) is 24.0. The molecule has 0 radical (unpaired) electrons. The number of carbonyl (C=O) groups is 2. The standard InChI is InChI=1S/C9H15N3O4/c1-9(4-13,5-14)10-8(16)6-2-3-7(15)12-11-6/h13-14H,2-5H2,1H3,(H,10,16)(H,12,15). The van der Waals surface area contributed by atoms with Gasteiger partial charge in [-0.1, -0.05) is 0 Å². The molecular weight excluding hydrogens is 214 g/mol. The Hall–Kier alpha value is -1.47. The number of amides is 2. The van der Waals surface area contributed by atoms with Gasteiger partial charge < -0.3 is 15.5 Å². The van der Waals surface area contributed by atoms with E-state index in [2.05, 4.69) is 15.8 Å². The van der Waals surface area contributed by atoms with E-state index in [9.17, 15) is 9.59 Å². The lowest BCUT2D eigenvalue weighted by Crippen LogP contribution is -2.54. The fraction of sp³-hybridized carbons (Fsp3) is 0.667. The predicted octanol–water partition coefficient (Wildman–Crippen LogP) is -1.89.